The minimum absolute atomic E-state index is 0.0851. The number of rotatable bonds is 1. The molecule has 1 heterocycles. The van der Waals surface area contributed by atoms with Crippen LogP contribution >= 0.6 is 15.9 Å². The van der Waals surface area contributed by atoms with Crippen LogP contribution < -0.4 is 0 Å². The highest BCUT2D eigenvalue weighted by atomic mass is 79.9. The molecule has 0 spiro atoms. The van der Waals surface area contributed by atoms with Gasteiger partial charge in [-0.25, -0.2) is 4.39 Å². The van der Waals surface area contributed by atoms with Gasteiger partial charge in [-0.1, -0.05) is 26.8 Å². The second kappa shape index (κ2) is 5.23. The molecule has 19 heavy (non-hydrogen) atoms. The van der Waals surface area contributed by atoms with Crippen LogP contribution in [-0.4, -0.2) is 23.9 Å². The fourth-order valence-electron chi connectivity index (χ4n) is 2.49. The van der Waals surface area contributed by atoms with E-state index in [4.69, 9.17) is 0 Å². The van der Waals surface area contributed by atoms with Crippen LogP contribution in [0.15, 0.2) is 22.7 Å². The van der Waals surface area contributed by atoms with Crippen molar-refractivity contribution in [3.05, 3.63) is 34.1 Å². The number of likely N-dealkylation sites (tertiary alicyclic amines) is 1. The molecule has 0 aromatic heterocycles. The van der Waals surface area contributed by atoms with Crippen molar-refractivity contribution >= 4 is 21.8 Å². The second-order valence-corrected chi connectivity index (χ2v) is 7.00. The Kier molecular flexibility index (Phi) is 4.00. The Labute approximate surface area is 122 Å². The van der Waals surface area contributed by atoms with Gasteiger partial charge in [0.15, 0.2) is 0 Å². The van der Waals surface area contributed by atoms with Crippen LogP contribution in [0.25, 0.3) is 0 Å². The van der Waals surface area contributed by atoms with Gasteiger partial charge in [-0.05, 0) is 45.8 Å². The van der Waals surface area contributed by atoms with Gasteiger partial charge in [0.05, 0.1) is 10.0 Å². The Morgan fingerprint density at radius 3 is 2.68 bits per heavy atom. The van der Waals surface area contributed by atoms with Gasteiger partial charge in [0.2, 0.25) is 0 Å². The number of amides is 1. The lowest BCUT2D eigenvalue weighted by molar-refractivity contribution is 0.0775. The number of benzene rings is 1. The van der Waals surface area contributed by atoms with Crippen molar-refractivity contribution in [3.63, 3.8) is 0 Å². The zero-order chi connectivity index (χ0) is 14.2. The molecule has 0 bridgehead atoms. The topological polar surface area (TPSA) is 20.3 Å². The number of hydrogen-bond acceptors (Lipinski definition) is 1. The van der Waals surface area contributed by atoms with Gasteiger partial charge in [0.1, 0.15) is 5.82 Å². The number of carbonyl (C=O) groups excluding carboxylic acids is 1. The summed E-state index contributed by atoms with van der Waals surface area (Å²) in [6, 6.07) is 4.59. The average molecular weight is 328 g/mol. The summed E-state index contributed by atoms with van der Waals surface area (Å²) >= 11 is 3.16. The maximum absolute atomic E-state index is 13.5. The van der Waals surface area contributed by atoms with Crippen molar-refractivity contribution in [2.24, 2.45) is 11.3 Å². The Morgan fingerprint density at radius 1 is 1.42 bits per heavy atom. The number of carbonyl (C=O) groups is 1. The standard InChI is InChI=1S/C15H19BrFNO/c1-15(2,3)10-7-8-18(9-10)14(19)11-5-4-6-12(17)13(11)16/h4-6,10H,7-9H2,1-3H3. The Balaban J connectivity index is 2.16. The summed E-state index contributed by atoms with van der Waals surface area (Å²) in [6.07, 6.45) is 1.02. The first-order valence-electron chi connectivity index (χ1n) is 6.54. The molecular formula is C15H19BrFNO. The number of nitrogens with zero attached hydrogens (tertiary/aromatic N) is 1. The molecule has 2 nitrogen and oxygen atoms in total. The van der Waals surface area contributed by atoms with E-state index in [1.165, 1.54) is 6.07 Å². The van der Waals surface area contributed by atoms with Crippen molar-refractivity contribution < 1.29 is 9.18 Å². The molecule has 0 radical (unpaired) electrons. The average Bonchev–Trinajstić information content (AvgIpc) is 2.81. The first-order chi connectivity index (χ1) is 8.80. The summed E-state index contributed by atoms with van der Waals surface area (Å²) in [5, 5.41) is 0. The van der Waals surface area contributed by atoms with Gasteiger partial charge in [-0.2, -0.15) is 0 Å². The lowest BCUT2D eigenvalue weighted by Gasteiger charge is -2.27. The molecule has 1 saturated heterocycles. The lowest BCUT2D eigenvalue weighted by atomic mass is 9.80. The third kappa shape index (κ3) is 2.99. The van der Waals surface area contributed by atoms with Crippen LogP contribution in [0.3, 0.4) is 0 Å². The van der Waals surface area contributed by atoms with Crippen LogP contribution in [0.2, 0.25) is 0 Å². The first kappa shape index (κ1) is 14.5. The molecule has 1 fully saturated rings. The SMILES string of the molecule is CC(C)(C)C1CCN(C(=O)c2cccc(F)c2Br)C1. The minimum Gasteiger partial charge on any atom is -0.338 e. The highest BCUT2D eigenvalue weighted by Crippen LogP contribution is 2.34. The molecule has 1 aromatic rings. The lowest BCUT2D eigenvalue weighted by Crippen LogP contribution is -2.31. The molecule has 1 atom stereocenters. The van der Waals surface area contributed by atoms with Crippen LogP contribution in [0, 0.1) is 17.2 Å². The van der Waals surface area contributed by atoms with E-state index in [9.17, 15) is 9.18 Å². The molecule has 104 valence electrons. The fraction of sp³-hybridized carbons (Fsp3) is 0.533. The van der Waals surface area contributed by atoms with E-state index in [-0.39, 0.29) is 15.8 Å². The molecular weight excluding hydrogens is 309 g/mol. The van der Waals surface area contributed by atoms with Gasteiger partial charge in [0, 0.05) is 13.1 Å². The summed E-state index contributed by atoms with van der Waals surface area (Å²) in [4.78, 5) is 14.3. The van der Waals surface area contributed by atoms with E-state index < -0.39 is 5.82 Å². The molecule has 0 saturated carbocycles. The Bertz CT molecular complexity index is 495. The maximum atomic E-state index is 13.5. The maximum Gasteiger partial charge on any atom is 0.255 e. The third-order valence-electron chi connectivity index (χ3n) is 3.88. The summed E-state index contributed by atoms with van der Waals surface area (Å²) in [6.45, 7) is 8.10. The fourth-order valence-corrected chi connectivity index (χ4v) is 2.92. The minimum atomic E-state index is -0.391. The molecule has 2 rings (SSSR count). The quantitative estimate of drug-likeness (QED) is 0.760. The Hall–Kier alpha value is -0.900. The van der Waals surface area contributed by atoms with Crippen LogP contribution in [0.4, 0.5) is 4.39 Å². The molecule has 1 amide bonds. The molecule has 0 N–H and O–H groups in total. The van der Waals surface area contributed by atoms with Gasteiger partial charge in [0.25, 0.3) is 5.91 Å². The van der Waals surface area contributed by atoms with E-state index in [1.54, 1.807) is 12.1 Å². The Morgan fingerprint density at radius 2 is 2.11 bits per heavy atom. The van der Waals surface area contributed by atoms with Crippen molar-refractivity contribution in [1.29, 1.82) is 0 Å². The van der Waals surface area contributed by atoms with Crippen molar-refractivity contribution in [2.45, 2.75) is 27.2 Å². The number of hydrogen-bond donors (Lipinski definition) is 0. The normalized spacial score (nSPS) is 19.8. The summed E-state index contributed by atoms with van der Waals surface area (Å²) in [5.74, 6) is 0.0272. The zero-order valence-electron chi connectivity index (χ0n) is 11.5. The van der Waals surface area contributed by atoms with E-state index in [2.05, 4.69) is 36.7 Å². The molecule has 1 aliphatic heterocycles. The second-order valence-electron chi connectivity index (χ2n) is 6.20. The summed E-state index contributed by atoms with van der Waals surface area (Å²) in [5.41, 5.74) is 0.614. The van der Waals surface area contributed by atoms with Gasteiger partial charge in [-0.15, -0.1) is 0 Å². The molecule has 0 aliphatic carbocycles. The summed E-state index contributed by atoms with van der Waals surface area (Å²) in [7, 11) is 0. The first-order valence-corrected chi connectivity index (χ1v) is 7.33. The van der Waals surface area contributed by atoms with Gasteiger partial charge >= 0.3 is 0 Å². The zero-order valence-corrected chi connectivity index (χ0v) is 13.1. The molecule has 1 unspecified atom stereocenters. The largest absolute Gasteiger partial charge is 0.338 e. The van der Waals surface area contributed by atoms with E-state index in [0.29, 0.717) is 11.5 Å². The molecule has 4 heteroatoms. The predicted octanol–water partition coefficient (Wildman–Crippen LogP) is 4.10. The van der Waals surface area contributed by atoms with E-state index >= 15 is 0 Å². The van der Waals surface area contributed by atoms with Crippen LogP contribution in [0.5, 0.6) is 0 Å². The third-order valence-corrected chi connectivity index (χ3v) is 4.69. The summed E-state index contributed by atoms with van der Waals surface area (Å²) < 4.78 is 13.7. The number of halogens is 2. The van der Waals surface area contributed by atoms with Crippen LogP contribution in [0.1, 0.15) is 37.6 Å². The highest BCUT2D eigenvalue weighted by molar-refractivity contribution is 9.10. The van der Waals surface area contributed by atoms with Crippen molar-refractivity contribution in [3.8, 4) is 0 Å². The van der Waals surface area contributed by atoms with E-state index in [0.717, 1.165) is 19.5 Å². The monoisotopic (exact) mass is 327 g/mol. The smallest absolute Gasteiger partial charge is 0.255 e. The van der Waals surface area contributed by atoms with Crippen molar-refractivity contribution in [2.75, 3.05) is 13.1 Å². The van der Waals surface area contributed by atoms with Crippen molar-refractivity contribution in [1.82, 2.24) is 4.90 Å². The molecule has 1 aromatic carbocycles. The van der Waals surface area contributed by atoms with E-state index in [1.807, 2.05) is 4.90 Å². The highest BCUT2D eigenvalue weighted by Gasteiger charge is 2.34. The van der Waals surface area contributed by atoms with Gasteiger partial charge < -0.3 is 4.90 Å². The predicted molar refractivity (Wildman–Crippen MR) is 77.6 cm³/mol. The molecule has 1 aliphatic rings. The van der Waals surface area contributed by atoms with Gasteiger partial charge in [-0.3, -0.25) is 4.79 Å². The van der Waals surface area contributed by atoms with Crippen LogP contribution in [-0.2, 0) is 0 Å².